The molecular weight excluding hydrogens is 268 g/mol. The molecule has 1 heterocycles. The summed E-state index contributed by atoms with van der Waals surface area (Å²) in [6.07, 6.45) is 0. The van der Waals surface area contributed by atoms with Crippen LogP contribution in [0.15, 0.2) is 18.2 Å². The molecule has 1 atom stereocenters. The number of rotatable bonds is 3. The Labute approximate surface area is 115 Å². The molecule has 2 rings (SSSR count). The Bertz CT molecular complexity index is 579. The molecule has 1 aromatic carbocycles. The topological polar surface area (TPSA) is 42.0 Å². The number of nitrogens with zero attached hydrogens (tertiary/aromatic N) is 1. The van der Waals surface area contributed by atoms with E-state index in [1.807, 2.05) is 39.0 Å². The van der Waals surface area contributed by atoms with Crippen LogP contribution in [0.1, 0.15) is 32.4 Å². The Balaban J connectivity index is 2.33. The smallest absolute Gasteiger partial charge is 0.229 e. The van der Waals surface area contributed by atoms with Crippen molar-refractivity contribution in [3.63, 3.8) is 0 Å². The van der Waals surface area contributed by atoms with Crippen LogP contribution in [0.25, 0.3) is 10.1 Å². The Morgan fingerprint density at radius 1 is 1.39 bits per heavy atom. The van der Waals surface area contributed by atoms with E-state index in [1.165, 1.54) is 11.5 Å². The predicted octanol–water partition coefficient (Wildman–Crippen LogP) is 3.58. The van der Waals surface area contributed by atoms with Gasteiger partial charge in [-0.1, -0.05) is 17.7 Å². The highest BCUT2D eigenvalue weighted by molar-refractivity contribution is 7.13. The second kappa shape index (κ2) is 5.24. The van der Waals surface area contributed by atoms with E-state index in [1.54, 1.807) is 0 Å². The fraction of sp³-hybridized carbons (Fsp3) is 0.385. The van der Waals surface area contributed by atoms with Gasteiger partial charge in [0.15, 0.2) is 0 Å². The summed E-state index contributed by atoms with van der Waals surface area (Å²) < 4.78 is 5.40. The van der Waals surface area contributed by atoms with E-state index in [0.29, 0.717) is 5.02 Å². The largest absolute Gasteiger partial charge is 0.353 e. The molecule has 0 saturated carbocycles. The molecule has 0 aliphatic carbocycles. The summed E-state index contributed by atoms with van der Waals surface area (Å²) in [5, 5.41) is 4.61. The normalized spacial score (nSPS) is 12.9. The maximum Gasteiger partial charge on any atom is 0.229 e. The van der Waals surface area contributed by atoms with Crippen molar-refractivity contribution < 1.29 is 4.79 Å². The van der Waals surface area contributed by atoms with Crippen LogP contribution in [0.5, 0.6) is 0 Å². The lowest BCUT2D eigenvalue weighted by atomic mass is 10.0. The molecule has 1 amide bonds. The van der Waals surface area contributed by atoms with E-state index < -0.39 is 0 Å². The zero-order valence-electron chi connectivity index (χ0n) is 10.5. The van der Waals surface area contributed by atoms with Crippen LogP contribution in [-0.2, 0) is 4.79 Å². The van der Waals surface area contributed by atoms with Crippen molar-refractivity contribution in [1.82, 2.24) is 9.69 Å². The molecule has 0 fully saturated rings. The number of carbonyl (C=O) groups is 1. The minimum Gasteiger partial charge on any atom is -0.353 e. The molecule has 0 bridgehead atoms. The first-order valence-corrected chi connectivity index (χ1v) is 6.99. The van der Waals surface area contributed by atoms with Gasteiger partial charge in [-0.3, -0.25) is 4.79 Å². The zero-order chi connectivity index (χ0) is 13.3. The Kier molecular flexibility index (Phi) is 3.88. The van der Waals surface area contributed by atoms with Crippen molar-refractivity contribution in [3.05, 3.63) is 28.9 Å². The predicted molar refractivity (Wildman–Crippen MR) is 76.3 cm³/mol. The summed E-state index contributed by atoms with van der Waals surface area (Å²) in [6, 6.07) is 5.77. The van der Waals surface area contributed by atoms with Gasteiger partial charge in [-0.15, -0.1) is 0 Å². The molecule has 18 heavy (non-hydrogen) atoms. The minimum absolute atomic E-state index is 0.00662. The minimum atomic E-state index is -0.248. The maximum absolute atomic E-state index is 12.0. The fourth-order valence-corrected chi connectivity index (χ4v) is 2.92. The zero-order valence-corrected chi connectivity index (χ0v) is 12.1. The molecule has 96 valence electrons. The molecule has 0 radical (unpaired) electrons. The Hall–Kier alpha value is -1.13. The van der Waals surface area contributed by atoms with Crippen molar-refractivity contribution in [1.29, 1.82) is 0 Å². The third kappa shape index (κ3) is 2.65. The molecule has 1 unspecified atom stereocenters. The summed E-state index contributed by atoms with van der Waals surface area (Å²) in [5.74, 6) is -0.241. The summed E-state index contributed by atoms with van der Waals surface area (Å²) in [6.45, 7) is 5.77. The molecule has 0 spiro atoms. The molecule has 5 heteroatoms. The van der Waals surface area contributed by atoms with Crippen molar-refractivity contribution >= 4 is 39.1 Å². The van der Waals surface area contributed by atoms with Gasteiger partial charge in [0.25, 0.3) is 0 Å². The second-order valence-corrected chi connectivity index (χ2v) is 5.83. The first-order valence-electron chi connectivity index (χ1n) is 5.84. The van der Waals surface area contributed by atoms with Crippen molar-refractivity contribution in [3.8, 4) is 0 Å². The van der Waals surface area contributed by atoms with E-state index in [0.717, 1.165) is 15.8 Å². The standard InChI is InChI=1S/C13H15ClN2OS/c1-7(2)15-13(17)8(3)12-10-5-4-9(14)6-11(10)18-16-12/h4-8H,1-3H3,(H,15,17). The van der Waals surface area contributed by atoms with Gasteiger partial charge in [0.2, 0.25) is 5.91 Å². The number of benzene rings is 1. The first kappa shape index (κ1) is 13.3. The molecular formula is C13H15ClN2OS. The van der Waals surface area contributed by atoms with E-state index in [2.05, 4.69) is 9.69 Å². The van der Waals surface area contributed by atoms with Gasteiger partial charge in [-0.05, 0) is 44.4 Å². The van der Waals surface area contributed by atoms with Gasteiger partial charge >= 0.3 is 0 Å². The molecule has 3 nitrogen and oxygen atoms in total. The number of amides is 1. The highest BCUT2D eigenvalue weighted by Gasteiger charge is 2.21. The second-order valence-electron chi connectivity index (χ2n) is 4.59. The third-order valence-corrected chi connectivity index (χ3v) is 3.75. The molecule has 0 saturated heterocycles. The van der Waals surface area contributed by atoms with Crippen LogP contribution in [-0.4, -0.2) is 16.3 Å². The Morgan fingerprint density at radius 2 is 2.11 bits per heavy atom. The first-order chi connectivity index (χ1) is 8.49. The van der Waals surface area contributed by atoms with Crippen molar-refractivity contribution in [2.75, 3.05) is 0 Å². The lowest BCUT2D eigenvalue weighted by Gasteiger charge is -2.13. The number of carbonyl (C=O) groups excluding carboxylic acids is 1. The summed E-state index contributed by atoms with van der Waals surface area (Å²) in [5.41, 5.74) is 0.824. The van der Waals surface area contributed by atoms with Crippen LogP contribution in [0.3, 0.4) is 0 Å². The van der Waals surface area contributed by atoms with Gasteiger partial charge in [0, 0.05) is 16.5 Å². The lowest BCUT2D eigenvalue weighted by Crippen LogP contribution is -2.33. The van der Waals surface area contributed by atoms with Crippen molar-refractivity contribution in [2.45, 2.75) is 32.7 Å². The summed E-state index contributed by atoms with van der Waals surface area (Å²) in [7, 11) is 0. The number of hydrogen-bond donors (Lipinski definition) is 1. The quantitative estimate of drug-likeness (QED) is 0.935. The molecule has 1 aromatic heterocycles. The van der Waals surface area contributed by atoms with E-state index in [4.69, 9.17) is 11.6 Å². The van der Waals surface area contributed by atoms with Gasteiger partial charge in [0.05, 0.1) is 16.3 Å². The van der Waals surface area contributed by atoms with Gasteiger partial charge < -0.3 is 5.32 Å². The molecule has 2 aromatic rings. The highest BCUT2D eigenvalue weighted by atomic mass is 35.5. The summed E-state index contributed by atoms with van der Waals surface area (Å²) in [4.78, 5) is 12.0. The van der Waals surface area contributed by atoms with Gasteiger partial charge in [-0.25, -0.2) is 0 Å². The molecule has 0 aliphatic rings. The lowest BCUT2D eigenvalue weighted by molar-refractivity contribution is -0.122. The number of fused-ring (bicyclic) bond motifs is 1. The number of nitrogens with one attached hydrogen (secondary N) is 1. The van der Waals surface area contributed by atoms with Crippen LogP contribution < -0.4 is 5.32 Å². The molecule has 0 aliphatic heterocycles. The SMILES string of the molecule is CC(C)NC(=O)C(C)c1nsc2cc(Cl)ccc12. The summed E-state index contributed by atoms with van der Waals surface area (Å²) >= 11 is 7.32. The Morgan fingerprint density at radius 3 is 2.78 bits per heavy atom. The van der Waals surface area contributed by atoms with Gasteiger partial charge in [-0.2, -0.15) is 4.37 Å². The third-order valence-electron chi connectivity index (χ3n) is 2.70. The fourth-order valence-electron chi connectivity index (χ4n) is 1.78. The van der Waals surface area contributed by atoms with E-state index in [-0.39, 0.29) is 17.9 Å². The average Bonchev–Trinajstić information content (AvgIpc) is 2.69. The van der Waals surface area contributed by atoms with Crippen LogP contribution >= 0.6 is 23.1 Å². The van der Waals surface area contributed by atoms with Crippen LogP contribution in [0.2, 0.25) is 5.02 Å². The maximum atomic E-state index is 12.0. The van der Waals surface area contributed by atoms with E-state index >= 15 is 0 Å². The van der Waals surface area contributed by atoms with E-state index in [9.17, 15) is 4.79 Å². The monoisotopic (exact) mass is 282 g/mol. The van der Waals surface area contributed by atoms with Crippen molar-refractivity contribution in [2.24, 2.45) is 0 Å². The molecule has 1 N–H and O–H groups in total. The average molecular weight is 283 g/mol. The number of hydrogen-bond acceptors (Lipinski definition) is 3. The van der Waals surface area contributed by atoms with Gasteiger partial charge in [0.1, 0.15) is 0 Å². The highest BCUT2D eigenvalue weighted by Crippen LogP contribution is 2.30. The van der Waals surface area contributed by atoms with Crippen LogP contribution in [0.4, 0.5) is 0 Å². The van der Waals surface area contributed by atoms with Crippen LogP contribution in [0, 0.1) is 0 Å². The number of halogens is 1. The number of aromatic nitrogens is 1.